The average Bonchev–Trinajstić information content (AvgIpc) is 2.45. The van der Waals surface area contributed by atoms with Crippen molar-refractivity contribution in [3.63, 3.8) is 0 Å². The van der Waals surface area contributed by atoms with E-state index in [2.05, 4.69) is 27.9 Å². The van der Waals surface area contributed by atoms with Gasteiger partial charge in [0.1, 0.15) is 0 Å². The molecule has 1 aromatic heterocycles. The topological polar surface area (TPSA) is 83.1 Å². The van der Waals surface area contributed by atoms with Gasteiger partial charge in [0.25, 0.3) is 5.91 Å². The third kappa shape index (κ3) is 5.81. The predicted octanol–water partition coefficient (Wildman–Crippen LogP) is 1.47. The Labute approximate surface area is 125 Å². The van der Waals surface area contributed by atoms with E-state index in [1.165, 1.54) is 0 Å². The first-order valence-electron chi connectivity index (χ1n) is 7.33. The largest absolute Gasteiger partial charge is 0.384 e. The molecule has 0 saturated heterocycles. The van der Waals surface area contributed by atoms with Crippen LogP contribution >= 0.6 is 0 Å². The number of pyridine rings is 1. The van der Waals surface area contributed by atoms with Gasteiger partial charge < -0.3 is 16.0 Å². The maximum atomic E-state index is 12.2. The van der Waals surface area contributed by atoms with Crippen LogP contribution in [0, 0.1) is 6.92 Å². The van der Waals surface area contributed by atoms with E-state index in [9.17, 15) is 9.59 Å². The molecular formula is C15H24N4O2. The number of hydrogen-bond donors (Lipinski definition) is 3. The number of carbonyl (C=O) groups excluding carboxylic acids is 2. The normalized spacial score (nSPS) is 10.0. The smallest absolute Gasteiger partial charge is 0.254 e. The van der Waals surface area contributed by atoms with Crippen molar-refractivity contribution in [3.05, 3.63) is 23.5 Å². The Balaban J connectivity index is 2.62. The van der Waals surface area contributed by atoms with Crippen molar-refractivity contribution < 1.29 is 9.59 Å². The van der Waals surface area contributed by atoms with Crippen LogP contribution in [0.4, 0.5) is 5.69 Å². The SMILES string of the molecule is CCCNc1cc(C)ncc1C(=O)NCCC(=O)NCC. The molecular weight excluding hydrogens is 268 g/mol. The number of amides is 2. The summed E-state index contributed by atoms with van der Waals surface area (Å²) in [5.74, 6) is -0.283. The van der Waals surface area contributed by atoms with Crippen LogP contribution in [0.15, 0.2) is 12.3 Å². The number of anilines is 1. The lowest BCUT2D eigenvalue weighted by Crippen LogP contribution is -2.31. The van der Waals surface area contributed by atoms with Gasteiger partial charge in [-0.15, -0.1) is 0 Å². The zero-order valence-electron chi connectivity index (χ0n) is 13.0. The molecule has 0 aliphatic heterocycles. The van der Waals surface area contributed by atoms with Crippen molar-refractivity contribution in [3.8, 4) is 0 Å². The van der Waals surface area contributed by atoms with E-state index >= 15 is 0 Å². The predicted molar refractivity (Wildman–Crippen MR) is 83.4 cm³/mol. The fourth-order valence-electron chi connectivity index (χ4n) is 1.82. The highest BCUT2D eigenvalue weighted by Gasteiger charge is 2.12. The molecule has 1 rings (SSSR count). The highest BCUT2D eigenvalue weighted by molar-refractivity contribution is 5.99. The Hall–Kier alpha value is -2.11. The van der Waals surface area contributed by atoms with Gasteiger partial charge in [-0.05, 0) is 26.3 Å². The van der Waals surface area contributed by atoms with Gasteiger partial charge in [0.2, 0.25) is 5.91 Å². The average molecular weight is 292 g/mol. The molecule has 0 unspecified atom stereocenters. The number of aromatic nitrogens is 1. The molecule has 0 bridgehead atoms. The van der Waals surface area contributed by atoms with Gasteiger partial charge in [0.15, 0.2) is 0 Å². The summed E-state index contributed by atoms with van der Waals surface area (Å²) in [4.78, 5) is 27.6. The molecule has 6 heteroatoms. The van der Waals surface area contributed by atoms with Crippen LogP contribution in [-0.2, 0) is 4.79 Å². The number of hydrogen-bond acceptors (Lipinski definition) is 4. The van der Waals surface area contributed by atoms with Crippen LogP contribution in [0.5, 0.6) is 0 Å². The van der Waals surface area contributed by atoms with E-state index in [1.807, 2.05) is 19.9 Å². The minimum Gasteiger partial charge on any atom is -0.384 e. The van der Waals surface area contributed by atoms with Crippen molar-refractivity contribution in [2.75, 3.05) is 25.0 Å². The van der Waals surface area contributed by atoms with Crippen molar-refractivity contribution in [1.29, 1.82) is 0 Å². The van der Waals surface area contributed by atoms with Gasteiger partial charge in [-0.2, -0.15) is 0 Å². The van der Waals surface area contributed by atoms with Gasteiger partial charge >= 0.3 is 0 Å². The van der Waals surface area contributed by atoms with Crippen LogP contribution in [0.3, 0.4) is 0 Å². The third-order valence-corrected chi connectivity index (χ3v) is 2.86. The molecule has 2 amide bonds. The standard InChI is InChI=1S/C15H24N4O2/c1-4-7-17-13-9-11(3)19-10-12(13)15(21)18-8-6-14(20)16-5-2/h9-10H,4-8H2,1-3H3,(H,16,20)(H,17,19)(H,18,21). The van der Waals surface area contributed by atoms with Crippen molar-refractivity contribution in [2.24, 2.45) is 0 Å². The van der Waals surface area contributed by atoms with Crippen molar-refractivity contribution in [2.45, 2.75) is 33.6 Å². The number of rotatable bonds is 8. The first kappa shape index (κ1) is 16.9. The highest BCUT2D eigenvalue weighted by atomic mass is 16.2. The summed E-state index contributed by atoms with van der Waals surface area (Å²) >= 11 is 0. The number of nitrogens with zero attached hydrogens (tertiary/aromatic N) is 1. The van der Waals surface area contributed by atoms with Crippen LogP contribution in [-0.4, -0.2) is 36.4 Å². The molecule has 0 saturated carbocycles. The van der Waals surface area contributed by atoms with E-state index < -0.39 is 0 Å². The lowest BCUT2D eigenvalue weighted by molar-refractivity contribution is -0.120. The molecule has 3 N–H and O–H groups in total. The summed E-state index contributed by atoms with van der Waals surface area (Å²) in [6.07, 6.45) is 2.81. The quantitative estimate of drug-likeness (QED) is 0.677. The van der Waals surface area contributed by atoms with Crippen molar-refractivity contribution >= 4 is 17.5 Å². The molecule has 0 aromatic carbocycles. The summed E-state index contributed by atoms with van der Waals surface area (Å²) in [7, 11) is 0. The fourth-order valence-corrected chi connectivity index (χ4v) is 1.82. The molecule has 6 nitrogen and oxygen atoms in total. The summed E-state index contributed by atoms with van der Waals surface area (Å²) in [6, 6.07) is 1.86. The molecule has 0 aliphatic carbocycles. The van der Waals surface area contributed by atoms with Crippen LogP contribution in [0.25, 0.3) is 0 Å². The molecule has 116 valence electrons. The number of aryl methyl sites for hydroxylation is 1. The second-order valence-corrected chi connectivity index (χ2v) is 4.76. The lowest BCUT2D eigenvalue weighted by Gasteiger charge is -2.12. The van der Waals surface area contributed by atoms with Crippen LogP contribution in [0.1, 0.15) is 42.7 Å². The molecule has 0 radical (unpaired) electrons. The maximum absolute atomic E-state index is 12.2. The van der Waals surface area contributed by atoms with E-state index in [0.29, 0.717) is 18.7 Å². The molecule has 0 fully saturated rings. The van der Waals surface area contributed by atoms with Gasteiger partial charge in [-0.3, -0.25) is 14.6 Å². The fraction of sp³-hybridized carbons (Fsp3) is 0.533. The first-order chi connectivity index (χ1) is 10.1. The lowest BCUT2D eigenvalue weighted by atomic mass is 10.2. The van der Waals surface area contributed by atoms with E-state index in [1.54, 1.807) is 6.20 Å². The molecule has 1 aromatic rings. The molecule has 21 heavy (non-hydrogen) atoms. The zero-order chi connectivity index (χ0) is 15.7. The summed E-state index contributed by atoms with van der Waals surface area (Å²) in [5.41, 5.74) is 2.14. The van der Waals surface area contributed by atoms with Gasteiger partial charge in [-0.25, -0.2) is 0 Å². The summed E-state index contributed by atoms with van der Waals surface area (Å²) < 4.78 is 0. The zero-order valence-corrected chi connectivity index (χ0v) is 13.0. The summed E-state index contributed by atoms with van der Waals surface area (Å²) in [6.45, 7) is 7.51. The van der Waals surface area contributed by atoms with Gasteiger partial charge in [0.05, 0.1) is 11.3 Å². The van der Waals surface area contributed by atoms with Gasteiger partial charge in [0, 0.05) is 37.9 Å². The van der Waals surface area contributed by atoms with Crippen LogP contribution in [0.2, 0.25) is 0 Å². The molecule has 0 atom stereocenters. The van der Waals surface area contributed by atoms with Crippen LogP contribution < -0.4 is 16.0 Å². The Kier molecular flexibility index (Phi) is 7.21. The van der Waals surface area contributed by atoms with Crippen molar-refractivity contribution in [1.82, 2.24) is 15.6 Å². The summed E-state index contributed by atoms with van der Waals surface area (Å²) in [5, 5.41) is 8.66. The molecule has 0 aliphatic rings. The Bertz CT molecular complexity index is 489. The van der Waals surface area contributed by atoms with E-state index in [-0.39, 0.29) is 18.2 Å². The minimum absolute atomic E-state index is 0.0656. The van der Waals surface area contributed by atoms with E-state index in [4.69, 9.17) is 0 Å². The molecule has 1 heterocycles. The maximum Gasteiger partial charge on any atom is 0.254 e. The monoisotopic (exact) mass is 292 g/mol. The number of nitrogens with one attached hydrogen (secondary N) is 3. The Morgan fingerprint density at radius 2 is 1.95 bits per heavy atom. The Morgan fingerprint density at radius 1 is 1.19 bits per heavy atom. The second-order valence-electron chi connectivity index (χ2n) is 4.76. The third-order valence-electron chi connectivity index (χ3n) is 2.86. The minimum atomic E-state index is -0.217. The highest BCUT2D eigenvalue weighted by Crippen LogP contribution is 2.15. The molecule has 0 spiro atoms. The number of carbonyl (C=O) groups is 2. The Morgan fingerprint density at radius 3 is 2.62 bits per heavy atom. The van der Waals surface area contributed by atoms with E-state index in [0.717, 1.165) is 24.3 Å². The first-order valence-corrected chi connectivity index (χ1v) is 7.33. The second kappa shape index (κ2) is 8.94. The van der Waals surface area contributed by atoms with Gasteiger partial charge in [-0.1, -0.05) is 6.92 Å².